The van der Waals surface area contributed by atoms with Crippen LogP contribution in [0.2, 0.25) is 5.02 Å². The minimum Gasteiger partial charge on any atom is -0.397 e. The van der Waals surface area contributed by atoms with Crippen LogP contribution >= 0.6 is 11.6 Å². The molecule has 124 valence electrons. The highest BCUT2D eigenvalue weighted by atomic mass is 35.5. The monoisotopic (exact) mass is 350 g/mol. The summed E-state index contributed by atoms with van der Waals surface area (Å²) in [5, 5.41) is 2.97. The van der Waals surface area contributed by atoms with Gasteiger partial charge in [0.2, 0.25) is 0 Å². The summed E-state index contributed by atoms with van der Waals surface area (Å²) in [4.78, 5) is 16.5. The minimum absolute atomic E-state index is 0.0888. The number of nitrogens with zero attached hydrogens (tertiary/aromatic N) is 2. The summed E-state index contributed by atoms with van der Waals surface area (Å²) < 4.78 is 29.0. The predicted molar refractivity (Wildman–Crippen MR) is 90.8 cm³/mol. The second-order valence-electron chi connectivity index (χ2n) is 5.37. The largest absolute Gasteiger partial charge is 0.397 e. The van der Waals surface area contributed by atoms with Crippen molar-refractivity contribution in [3.8, 4) is 0 Å². The van der Waals surface area contributed by atoms with E-state index in [1.165, 1.54) is 10.9 Å². The molecule has 5 nitrogen and oxygen atoms in total. The summed E-state index contributed by atoms with van der Waals surface area (Å²) in [5.41, 5.74) is 6.41. The number of hydrogen-bond acceptors (Lipinski definition) is 4. The molecule has 24 heavy (non-hydrogen) atoms. The fourth-order valence-corrected chi connectivity index (χ4v) is 2.64. The number of nitrogen functional groups attached to an aromatic ring is 1. The van der Waals surface area contributed by atoms with Crippen LogP contribution in [0.5, 0.6) is 0 Å². The molecular formula is C16H13ClF2N4O. The van der Waals surface area contributed by atoms with Gasteiger partial charge in [0, 0.05) is 18.8 Å². The lowest BCUT2D eigenvalue weighted by atomic mass is 10.1. The Morgan fingerprint density at radius 2 is 2.04 bits per heavy atom. The number of aromatic nitrogens is 2. The Balaban J connectivity index is 2.21. The Morgan fingerprint density at radius 1 is 1.33 bits per heavy atom. The molecule has 8 heteroatoms. The molecule has 0 saturated heterocycles. The van der Waals surface area contributed by atoms with Crippen LogP contribution in [0.3, 0.4) is 0 Å². The first-order valence-electron chi connectivity index (χ1n) is 6.96. The third-order valence-electron chi connectivity index (χ3n) is 3.79. The number of rotatable bonds is 2. The molecule has 0 amide bonds. The molecule has 1 heterocycles. The molecule has 0 aliphatic heterocycles. The van der Waals surface area contributed by atoms with E-state index < -0.39 is 11.6 Å². The SMILES string of the molecule is Cc1c(Nc2c(F)c(F)cc(N)c2Cl)ccc2ncn(C)c(=O)c12. The van der Waals surface area contributed by atoms with Crippen LogP contribution in [0.25, 0.3) is 10.9 Å². The van der Waals surface area contributed by atoms with E-state index in [4.69, 9.17) is 17.3 Å². The molecule has 0 fully saturated rings. The Bertz CT molecular complexity index is 1010. The highest BCUT2D eigenvalue weighted by Gasteiger charge is 2.18. The highest BCUT2D eigenvalue weighted by molar-refractivity contribution is 6.35. The number of benzene rings is 2. The van der Waals surface area contributed by atoms with E-state index in [1.54, 1.807) is 26.1 Å². The van der Waals surface area contributed by atoms with Crippen molar-refractivity contribution in [2.45, 2.75) is 6.92 Å². The van der Waals surface area contributed by atoms with Crippen molar-refractivity contribution in [1.29, 1.82) is 0 Å². The molecule has 0 radical (unpaired) electrons. The van der Waals surface area contributed by atoms with Crippen LogP contribution in [0.1, 0.15) is 5.56 Å². The van der Waals surface area contributed by atoms with Crippen molar-refractivity contribution >= 4 is 39.6 Å². The van der Waals surface area contributed by atoms with Crippen LogP contribution in [0.15, 0.2) is 29.3 Å². The zero-order chi connectivity index (χ0) is 17.6. The number of hydrogen-bond donors (Lipinski definition) is 2. The van der Waals surface area contributed by atoms with E-state index >= 15 is 0 Å². The fraction of sp³-hybridized carbons (Fsp3) is 0.125. The fourth-order valence-electron chi connectivity index (χ4n) is 2.46. The summed E-state index contributed by atoms with van der Waals surface area (Å²) in [5.74, 6) is -2.26. The molecule has 1 aromatic heterocycles. The smallest absolute Gasteiger partial charge is 0.261 e. The lowest BCUT2D eigenvalue weighted by molar-refractivity contribution is 0.512. The lowest BCUT2D eigenvalue weighted by Gasteiger charge is -2.15. The maximum absolute atomic E-state index is 14.1. The van der Waals surface area contributed by atoms with Crippen LogP contribution in [-0.4, -0.2) is 9.55 Å². The topological polar surface area (TPSA) is 72.9 Å². The summed E-state index contributed by atoms with van der Waals surface area (Å²) >= 11 is 5.98. The first-order chi connectivity index (χ1) is 11.3. The zero-order valence-electron chi connectivity index (χ0n) is 12.8. The Kier molecular flexibility index (Phi) is 3.88. The molecule has 0 spiro atoms. The van der Waals surface area contributed by atoms with Gasteiger partial charge >= 0.3 is 0 Å². The summed E-state index contributed by atoms with van der Waals surface area (Å²) in [6.07, 6.45) is 1.42. The maximum atomic E-state index is 14.1. The third kappa shape index (κ3) is 2.46. The van der Waals surface area contributed by atoms with Crippen LogP contribution in [0.4, 0.5) is 25.8 Å². The van der Waals surface area contributed by atoms with Crippen molar-refractivity contribution < 1.29 is 8.78 Å². The number of aryl methyl sites for hydroxylation is 2. The molecule has 0 saturated carbocycles. The maximum Gasteiger partial charge on any atom is 0.261 e. The van der Waals surface area contributed by atoms with Crippen LogP contribution in [-0.2, 0) is 7.05 Å². The Labute approximate surface area is 140 Å². The van der Waals surface area contributed by atoms with Crippen LogP contribution in [0, 0.1) is 18.6 Å². The van der Waals surface area contributed by atoms with Crippen molar-refractivity contribution in [3.63, 3.8) is 0 Å². The van der Waals surface area contributed by atoms with E-state index in [9.17, 15) is 13.6 Å². The van der Waals surface area contributed by atoms with Gasteiger partial charge in [0.1, 0.15) is 0 Å². The predicted octanol–water partition coefficient (Wildman–Crippen LogP) is 3.50. The van der Waals surface area contributed by atoms with E-state index in [1.807, 2.05) is 0 Å². The highest BCUT2D eigenvalue weighted by Crippen LogP contribution is 2.36. The van der Waals surface area contributed by atoms with E-state index in [0.717, 1.165) is 6.07 Å². The second-order valence-corrected chi connectivity index (χ2v) is 5.75. The average molecular weight is 351 g/mol. The van der Waals surface area contributed by atoms with Crippen molar-refractivity contribution in [1.82, 2.24) is 9.55 Å². The first kappa shape index (κ1) is 16.2. The Hall–Kier alpha value is -2.67. The molecule has 3 N–H and O–H groups in total. The lowest BCUT2D eigenvalue weighted by Crippen LogP contribution is -2.18. The summed E-state index contributed by atoms with van der Waals surface area (Å²) in [7, 11) is 1.58. The molecular weight excluding hydrogens is 338 g/mol. The van der Waals surface area contributed by atoms with Crippen molar-refractivity contribution in [2.24, 2.45) is 7.05 Å². The number of nitrogens with two attached hydrogens (primary N) is 1. The molecule has 0 bridgehead atoms. The number of fused-ring (bicyclic) bond motifs is 1. The van der Waals surface area contributed by atoms with Gasteiger partial charge < -0.3 is 15.6 Å². The molecule has 0 aliphatic carbocycles. The number of halogens is 3. The normalized spacial score (nSPS) is 11.0. The molecule has 0 unspecified atom stereocenters. The summed E-state index contributed by atoms with van der Waals surface area (Å²) in [6.45, 7) is 1.68. The number of anilines is 3. The Morgan fingerprint density at radius 3 is 2.75 bits per heavy atom. The second kappa shape index (κ2) is 5.76. The van der Waals surface area contributed by atoms with Gasteiger partial charge in [-0.25, -0.2) is 13.8 Å². The standard InChI is InChI=1S/C16H13ClF2N4O/c1-7-10(3-4-11-12(7)16(24)23(2)6-21-11)22-15-13(17)9(20)5-8(18)14(15)19/h3-6,22H,20H2,1-2H3. The molecule has 0 atom stereocenters. The minimum atomic E-state index is -1.15. The van der Waals surface area contributed by atoms with E-state index in [0.29, 0.717) is 22.2 Å². The third-order valence-corrected chi connectivity index (χ3v) is 4.20. The molecule has 3 rings (SSSR count). The van der Waals surface area contributed by atoms with Gasteiger partial charge in [0.05, 0.1) is 33.6 Å². The van der Waals surface area contributed by atoms with Gasteiger partial charge in [-0.2, -0.15) is 0 Å². The van der Waals surface area contributed by atoms with Gasteiger partial charge in [0.15, 0.2) is 11.6 Å². The molecule has 2 aromatic carbocycles. The van der Waals surface area contributed by atoms with Crippen molar-refractivity contribution in [2.75, 3.05) is 11.1 Å². The van der Waals surface area contributed by atoms with Gasteiger partial charge in [-0.05, 0) is 24.6 Å². The van der Waals surface area contributed by atoms with Crippen molar-refractivity contribution in [3.05, 3.63) is 57.1 Å². The van der Waals surface area contributed by atoms with Gasteiger partial charge in [-0.15, -0.1) is 0 Å². The van der Waals surface area contributed by atoms with Gasteiger partial charge in [-0.3, -0.25) is 4.79 Å². The van der Waals surface area contributed by atoms with E-state index in [-0.39, 0.29) is 22.0 Å². The zero-order valence-corrected chi connectivity index (χ0v) is 13.6. The molecule has 3 aromatic rings. The molecule has 0 aliphatic rings. The van der Waals surface area contributed by atoms with Crippen LogP contribution < -0.4 is 16.6 Å². The number of nitrogens with one attached hydrogen (secondary N) is 1. The quantitative estimate of drug-likeness (QED) is 0.548. The van der Waals surface area contributed by atoms with E-state index in [2.05, 4.69) is 10.3 Å². The van der Waals surface area contributed by atoms with Gasteiger partial charge in [-0.1, -0.05) is 11.6 Å². The summed E-state index contributed by atoms with van der Waals surface area (Å²) in [6, 6.07) is 4.04. The first-order valence-corrected chi connectivity index (χ1v) is 7.34. The average Bonchev–Trinajstić information content (AvgIpc) is 2.55. The van der Waals surface area contributed by atoms with Gasteiger partial charge in [0.25, 0.3) is 5.56 Å².